The molecule has 2 amide bonds. The van der Waals surface area contributed by atoms with Gasteiger partial charge in [-0.2, -0.15) is 0 Å². The van der Waals surface area contributed by atoms with Crippen LogP contribution in [-0.4, -0.2) is 32.5 Å². The van der Waals surface area contributed by atoms with E-state index < -0.39 is 0 Å². The zero-order valence-corrected chi connectivity index (χ0v) is 9.93. The average Bonchev–Trinajstić information content (AvgIpc) is 2.62. The van der Waals surface area contributed by atoms with Gasteiger partial charge < -0.3 is 15.5 Å². The minimum Gasteiger partial charge on any atom is -0.322 e. The zero-order chi connectivity index (χ0) is 12.6. The highest BCUT2D eigenvalue weighted by atomic mass is 16.2. The van der Waals surface area contributed by atoms with Crippen molar-refractivity contribution in [1.29, 1.82) is 0 Å². The highest BCUT2D eigenvalue weighted by Crippen LogP contribution is 2.30. The Labute approximate surface area is 99.8 Å². The van der Waals surface area contributed by atoms with E-state index >= 15 is 0 Å². The van der Waals surface area contributed by atoms with Crippen molar-refractivity contribution in [2.45, 2.75) is 6.42 Å². The van der Waals surface area contributed by atoms with Gasteiger partial charge in [0.25, 0.3) is 0 Å². The quantitative estimate of drug-likeness (QED) is 0.789. The normalized spacial score (nSPS) is 13.8. The number of nitrogens with two attached hydrogens (primary N) is 1. The summed E-state index contributed by atoms with van der Waals surface area (Å²) < 4.78 is 0. The van der Waals surface area contributed by atoms with E-state index in [-0.39, 0.29) is 18.4 Å². The smallest absolute Gasteiger partial charge is 0.240 e. The molecule has 0 unspecified atom stereocenters. The van der Waals surface area contributed by atoms with Crippen molar-refractivity contribution < 1.29 is 9.59 Å². The van der Waals surface area contributed by atoms with Gasteiger partial charge in [-0.1, -0.05) is 0 Å². The van der Waals surface area contributed by atoms with Crippen molar-refractivity contribution in [3.63, 3.8) is 0 Å². The fraction of sp³-hybridized carbons (Fsp3) is 0.333. The standard InChI is InChI=1S/C12H15N3O2/c1-14(12(17)7-13)9-3-4-10-8(5-9)6-11(16)15(10)2/h3-5H,6-7,13H2,1-2H3. The maximum Gasteiger partial charge on any atom is 0.240 e. The van der Waals surface area contributed by atoms with Crippen molar-refractivity contribution in [3.8, 4) is 0 Å². The molecule has 1 aromatic rings. The van der Waals surface area contributed by atoms with Crippen LogP contribution in [0.5, 0.6) is 0 Å². The van der Waals surface area contributed by atoms with E-state index in [1.165, 1.54) is 4.90 Å². The third-order valence-electron chi connectivity index (χ3n) is 3.08. The number of amides is 2. The Morgan fingerprint density at radius 1 is 1.53 bits per heavy atom. The van der Waals surface area contributed by atoms with Gasteiger partial charge in [0.2, 0.25) is 11.8 Å². The third kappa shape index (κ3) is 1.89. The Balaban J connectivity index is 2.33. The molecule has 0 aromatic heterocycles. The summed E-state index contributed by atoms with van der Waals surface area (Å²) >= 11 is 0. The summed E-state index contributed by atoms with van der Waals surface area (Å²) in [6, 6.07) is 5.54. The van der Waals surface area contributed by atoms with E-state index in [4.69, 9.17) is 5.73 Å². The fourth-order valence-corrected chi connectivity index (χ4v) is 1.95. The Morgan fingerprint density at radius 3 is 2.88 bits per heavy atom. The van der Waals surface area contributed by atoms with Gasteiger partial charge in [-0.05, 0) is 23.8 Å². The zero-order valence-electron chi connectivity index (χ0n) is 9.93. The van der Waals surface area contributed by atoms with Crippen molar-refractivity contribution in [2.75, 3.05) is 30.4 Å². The molecule has 0 spiro atoms. The van der Waals surface area contributed by atoms with Crippen molar-refractivity contribution in [1.82, 2.24) is 0 Å². The molecule has 0 saturated carbocycles. The van der Waals surface area contributed by atoms with E-state index in [0.29, 0.717) is 6.42 Å². The first kappa shape index (κ1) is 11.6. The monoisotopic (exact) mass is 233 g/mol. The number of likely N-dealkylation sites (N-methyl/N-ethyl adjacent to an activating group) is 2. The van der Waals surface area contributed by atoms with Crippen LogP contribution in [0.15, 0.2) is 18.2 Å². The lowest BCUT2D eigenvalue weighted by atomic mass is 10.1. The fourth-order valence-electron chi connectivity index (χ4n) is 1.95. The van der Waals surface area contributed by atoms with Gasteiger partial charge in [0.05, 0.1) is 13.0 Å². The first-order chi connectivity index (χ1) is 8.04. The van der Waals surface area contributed by atoms with Crippen LogP contribution in [0.25, 0.3) is 0 Å². The molecule has 0 bridgehead atoms. The topological polar surface area (TPSA) is 66.6 Å². The van der Waals surface area contributed by atoms with E-state index in [2.05, 4.69) is 0 Å². The molecule has 5 heteroatoms. The van der Waals surface area contributed by atoms with Gasteiger partial charge in [-0.3, -0.25) is 9.59 Å². The molecular formula is C12H15N3O2. The molecule has 0 atom stereocenters. The molecule has 2 rings (SSSR count). The van der Waals surface area contributed by atoms with Crippen LogP contribution in [0.2, 0.25) is 0 Å². The Bertz CT molecular complexity index is 485. The molecule has 17 heavy (non-hydrogen) atoms. The largest absolute Gasteiger partial charge is 0.322 e. The van der Waals surface area contributed by atoms with Crippen LogP contribution in [0, 0.1) is 0 Å². The molecule has 1 heterocycles. The maximum absolute atomic E-state index is 11.5. The number of hydrogen-bond donors (Lipinski definition) is 1. The third-order valence-corrected chi connectivity index (χ3v) is 3.08. The van der Waals surface area contributed by atoms with E-state index in [1.54, 1.807) is 19.0 Å². The van der Waals surface area contributed by atoms with E-state index in [9.17, 15) is 9.59 Å². The number of carbonyl (C=O) groups excluding carboxylic acids is 2. The highest BCUT2D eigenvalue weighted by molar-refractivity contribution is 6.02. The Kier molecular flexibility index (Phi) is 2.85. The molecule has 5 nitrogen and oxygen atoms in total. The lowest BCUT2D eigenvalue weighted by Crippen LogP contribution is -2.32. The minimum absolute atomic E-state index is 0.0214. The van der Waals surface area contributed by atoms with Gasteiger partial charge in [-0.15, -0.1) is 0 Å². The second-order valence-corrected chi connectivity index (χ2v) is 4.10. The van der Waals surface area contributed by atoms with Crippen LogP contribution in [-0.2, 0) is 16.0 Å². The molecular weight excluding hydrogens is 218 g/mol. The van der Waals surface area contributed by atoms with Crippen molar-refractivity contribution in [3.05, 3.63) is 23.8 Å². The predicted octanol–water partition coefficient (Wildman–Crippen LogP) is 0.127. The minimum atomic E-state index is -0.150. The van der Waals surface area contributed by atoms with Crippen LogP contribution in [0.4, 0.5) is 11.4 Å². The summed E-state index contributed by atoms with van der Waals surface area (Å²) in [5, 5.41) is 0. The summed E-state index contributed by atoms with van der Waals surface area (Å²) in [6.07, 6.45) is 0.393. The summed E-state index contributed by atoms with van der Waals surface area (Å²) in [6.45, 7) is -0.0214. The molecule has 0 aliphatic carbocycles. The van der Waals surface area contributed by atoms with Gasteiger partial charge in [0.15, 0.2) is 0 Å². The second kappa shape index (κ2) is 4.18. The summed E-state index contributed by atoms with van der Waals surface area (Å²) in [7, 11) is 3.43. The van der Waals surface area contributed by atoms with E-state index in [1.807, 2.05) is 18.2 Å². The maximum atomic E-state index is 11.5. The number of fused-ring (bicyclic) bond motifs is 1. The van der Waals surface area contributed by atoms with Gasteiger partial charge in [0, 0.05) is 25.5 Å². The number of nitrogens with zero attached hydrogens (tertiary/aromatic N) is 2. The molecule has 90 valence electrons. The highest BCUT2D eigenvalue weighted by Gasteiger charge is 2.24. The number of anilines is 2. The Morgan fingerprint density at radius 2 is 2.24 bits per heavy atom. The van der Waals surface area contributed by atoms with Gasteiger partial charge in [0.1, 0.15) is 0 Å². The SMILES string of the molecule is CN(C(=O)CN)c1ccc2c(c1)CC(=O)N2C. The number of carbonyl (C=O) groups is 2. The van der Waals surface area contributed by atoms with Crippen LogP contribution in [0.1, 0.15) is 5.56 Å². The first-order valence-electron chi connectivity index (χ1n) is 5.40. The molecule has 0 radical (unpaired) electrons. The van der Waals surface area contributed by atoms with Crippen molar-refractivity contribution >= 4 is 23.2 Å². The lowest BCUT2D eigenvalue weighted by molar-refractivity contribution is -0.117. The number of rotatable bonds is 2. The van der Waals surface area contributed by atoms with Crippen LogP contribution in [0.3, 0.4) is 0 Å². The summed E-state index contributed by atoms with van der Waals surface area (Å²) in [5.41, 5.74) is 7.94. The molecule has 1 aromatic carbocycles. The first-order valence-corrected chi connectivity index (χ1v) is 5.40. The Hall–Kier alpha value is -1.88. The van der Waals surface area contributed by atoms with Crippen LogP contribution >= 0.6 is 0 Å². The van der Waals surface area contributed by atoms with Crippen LogP contribution < -0.4 is 15.5 Å². The van der Waals surface area contributed by atoms with Gasteiger partial charge >= 0.3 is 0 Å². The van der Waals surface area contributed by atoms with Gasteiger partial charge in [-0.25, -0.2) is 0 Å². The van der Waals surface area contributed by atoms with E-state index in [0.717, 1.165) is 16.9 Å². The molecule has 0 fully saturated rings. The molecule has 1 aliphatic heterocycles. The lowest BCUT2D eigenvalue weighted by Gasteiger charge is -2.18. The summed E-state index contributed by atoms with van der Waals surface area (Å²) in [4.78, 5) is 26.1. The van der Waals surface area contributed by atoms with Crippen molar-refractivity contribution in [2.24, 2.45) is 5.73 Å². The number of hydrogen-bond acceptors (Lipinski definition) is 3. The molecule has 2 N–H and O–H groups in total. The molecule has 1 aliphatic rings. The summed E-state index contributed by atoms with van der Waals surface area (Å²) in [5.74, 6) is -0.0763. The molecule has 0 saturated heterocycles. The number of benzene rings is 1. The predicted molar refractivity (Wildman–Crippen MR) is 66.0 cm³/mol. The average molecular weight is 233 g/mol. The second-order valence-electron chi connectivity index (χ2n) is 4.10.